The van der Waals surface area contributed by atoms with Crippen LogP contribution in [0.2, 0.25) is 0 Å². The highest BCUT2D eigenvalue weighted by Crippen LogP contribution is 2.20. The Morgan fingerprint density at radius 3 is 2.90 bits per heavy atom. The molecular formula is C14H18N4O3. The molecule has 0 radical (unpaired) electrons. The van der Waals surface area contributed by atoms with Gasteiger partial charge in [0.1, 0.15) is 0 Å². The van der Waals surface area contributed by atoms with E-state index in [1.165, 1.54) is 6.07 Å². The molecule has 2 rings (SSSR count). The van der Waals surface area contributed by atoms with Gasteiger partial charge in [0.2, 0.25) is 0 Å². The molecule has 0 amide bonds. The number of nitro benzene ring substituents is 1. The molecule has 0 bridgehead atoms. The molecule has 0 spiro atoms. The van der Waals surface area contributed by atoms with Gasteiger partial charge < -0.3 is 10.1 Å². The molecule has 1 heterocycles. The number of aromatic nitrogens is 2. The maximum absolute atomic E-state index is 10.8. The summed E-state index contributed by atoms with van der Waals surface area (Å²) in [5.41, 5.74) is 2.45. The molecule has 1 aromatic heterocycles. The van der Waals surface area contributed by atoms with Crippen LogP contribution in [0.1, 0.15) is 11.3 Å². The van der Waals surface area contributed by atoms with Crippen molar-refractivity contribution < 1.29 is 9.66 Å². The van der Waals surface area contributed by atoms with Crippen LogP contribution in [0.4, 0.5) is 5.69 Å². The number of hydrogen-bond acceptors (Lipinski definition) is 5. The predicted molar refractivity (Wildman–Crippen MR) is 78.5 cm³/mol. The average molecular weight is 290 g/mol. The first-order valence-corrected chi connectivity index (χ1v) is 6.61. The summed E-state index contributed by atoms with van der Waals surface area (Å²) >= 11 is 0. The van der Waals surface area contributed by atoms with Crippen molar-refractivity contribution in [3.05, 3.63) is 51.8 Å². The normalized spacial score (nSPS) is 10.8. The summed E-state index contributed by atoms with van der Waals surface area (Å²) in [6.45, 7) is 3.79. The highest BCUT2D eigenvalue weighted by atomic mass is 16.6. The van der Waals surface area contributed by atoms with Crippen molar-refractivity contribution in [3.8, 4) is 5.69 Å². The summed E-state index contributed by atoms with van der Waals surface area (Å²) in [6, 6.07) is 6.87. The molecule has 0 saturated heterocycles. The lowest BCUT2D eigenvalue weighted by molar-refractivity contribution is -0.385. The number of aryl methyl sites for hydroxylation is 1. The number of nitro groups is 1. The summed E-state index contributed by atoms with van der Waals surface area (Å²) in [5.74, 6) is 0. The lowest BCUT2D eigenvalue weighted by Crippen LogP contribution is -2.18. The molecule has 1 aromatic carbocycles. The highest BCUT2D eigenvalue weighted by molar-refractivity contribution is 5.47. The van der Waals surface area contributed by atoms with Crippen LogP contribution >= 0.6 is 0 Å². The van der Waals surface area contributed by atoms with Crippen LogP contribution in [0.3, 0.4) is 0 Å². The van der Waals surface area contributed by atoms with Crippen molar-refractivity contribution in [2.75, 3.05) is 20.3 Å². The third kappa shape index (κ3) is 3.87. The topological polar surface area (TPSA) is 82.2 Å². The van der Waals surface area contributed by atoms with Crippen LogP contribution in [0.15, 0.2) is 30.5 Å². The van der Waals surface area contributed by atoms with Crippen molar-refractivity contribution in [3.63, 3.8) is 0 Å². The van der Waals surface area contributed by atoms with Gasteiger partial charge in [-0.3, -0.25) is 10.1 Å². The van der Waals surface area contributed by atoms with Gasteiger partial charge in [-0.1, -0.05) is 0 Å². The van der Waals surface area contributed by atoms with E-state index in [0.29, 0.717) is 18.7 Å². The number of nitrogens with one attached hydrogen (secondary N) is 1. The van der Waals surface area contributed by atoms with Crippen LogP contribution < -0.4 is 5.32 Å². The standard InChI is InChI=1S/C14H18N4O3/c1-11-9-13(3-4-14(11)18(19)20)17-7-5-12(16-17)10-15-6-8-21-2/h3-5,7,9,15H,6,8,10H2,1-2H3. The first-order chi connectivity index (χ1) is 10.1. The van der Waals surface area contributed by atoms with Crippen LogP contribution in [0.25, 0.3) is 5.69 Å². The first-order valence-electron chi connectivity index (χ1n) is 6.61. The number of methoxy groups -OCH3 is 1. The smallest absolute Gasteiger partial charge is 0.272 e. The molecule has 0 aliphatic heterocycles. The van der Waals surface area contributed by atoms with Gasteiger partial charge in [0.15, 0.2) is 0 Å². The maximum atomic E-state index is 10.8. The summed E-state index contributed by atoms with van der Waals surface area (Å²) in [5, 5.41) is 18.5. The minimum atomic E-state index is -0.382. The molecular weight excluding hydrogens is 272 g/mol. The Bertz CT molecular complexity index is 624. The van der Waals surface area contributed by atoms with Crippen molar-refractivity contribution in [1.29, 1.82) is 0 Å². The fraction of sp³-hybridized carbons (Fsp3) is 0.357. The zero-order valence-corrected chi connectivity index (χ0v) is 12.1. The molecule has 1 N–H and O–H groups in total. The van der Waals surface area contributed by atoms with Gasteiger partial charge in [-0.15, -0.1) is 0 Å². The predicted octanol–water partition coefficient (Wildman–Crippen LogP) is 1.82. The van der Waals surface area contributed by atoms with Crippen molar-refractivity contribution in [1.82, 2.24) is 15.1 Å². The highest BCUT2D eigenvalue weighted by Gasteiger charge is 2.11. The molecule has 7 heteroatoms. The van der Waals surface area contributed by atoms with Crippen LogP contribution in [0.5, 0.6) is 0 Å². The van der Waals surface area contributed by atoms with E-state index in [-0.39, 0.29) is 10.6 Å². The summed E-state index contributed by atoms with van der Waals surface area (Å²) in [7, 11) is 1.66. The zero-order chi connectivity index (χ0) is 15.2. The third-order valence-electron chi connectivity index (χ3n) is 3.08. The fourth-order valence-corrected chi connectivity index (χ4v) is 1.98. The number of nitrogens with zero attached hydrogens (tertiary/aromatic N) is 3. The Labute approximate surface area is 122 Å². The van der Waals surface area contributed by atoms with Crippen LogP contribution in [-0.4, -0.2) is 35.0 Å². The van der Waals surface area contributed by atoms with E-state index in [1.807, 2.05) is 12.3 Å². The molecule has 0 saturated carbocycles. The summed E-state index contributed by atoms with van der Waals surface area (Å²) in [4.78, 5) is 10.4. The van der Waals surface area contributed by atoms with Gasteiger partial charge in [-0.2, -0.15) is 5.10 Å². The lowest BCUT2D eigenvalue weighted by atomic mass is 10.2. The third-order valence-corrected chi connectivity index (χ3v) is 3.08. The first kappa shape index (κ1) is 15.1. The number of benzene rings is 1. The molecule has 112 valence electrons. The second-order valence-corrected chi connectivity index (χ2v) is 4.65. The minimum absolute atomic E-state index is 0.118. The van der Waals surface area contributed by atoms with Crippen molar-refractivity contribution in [2.24, 2.45) is 0 Å². The largest absolute Gasteiger partial charge is 0.383 e. The monoisotopic (exact) mass is 290 g/mol. The average Bonchev–Trinajstić information content (AvgIpc) is 2.92. The summed E-state index contributed by atoms with van der Waals surface area (Å²) in [6.07, 6.45) is 1.84. The molecule has 0 unspecified atom stereocenters. The van der Waals surface area contributed by atoms with Gasteiger partial charge in [0.05, 0.1) is 22.9 Å². The molecule has 0 aliphatic rings. The quantitative estimate of drug-likeness (QED) is 0.478. The Morgan fingerprint density at radius 2 is 2.24 bits per heavy atom. The number of ether oxygens (including phenoxy) is 1. The van der Waals surface area contributed by atoms with E-state index in [9.17, 15) is 10.1 Å². The van der Waals surface area contributed by atoms with E-state index in [4.69, 9.17) is 4.74 Å². The summed E-state index contributed by atoms with van der Waals surface area (Å²) < 4.78 is 6.67. The maximum Gasteiger partial charge on any atom is 0.272 e. The van der Waals surface area contributed by atoms with E-state index >= 15 is 0 Å². The van der Waals surface area contributed by atoms with E-state index < -0.39 is 0 Å². The Balaban J connectivity index is 2.07. The second kappa shape index (κ2) is 6.96. The molecule has 0 aliphatic carbocycles. The number of rotatable bonds is 7. The molecule has 2 aromatic rings. The van der Waals surface area contributed by atoms with E-state index in [1.54, 1.807) is 30.8 Å². The van der Waals surface area contributed by atoms with Gasteiger partial charge in [-0.05, 0) is 25.1 Å². The van der Waals surface area contributed by atoms with E-state index in [0.717, 1.165) is 17.9 Å². The molecule has 0 atom stereocenters. The van der Waals surface area contributed by atoms with Crippen LogP contribution in [0, 0.1) is 17.0 Å². The SMILES string of the molecule is COCCNCc1ccn(-c2ccc([N+](=O)[O-])c(C)c2)n1. The van der Waals surface area contributed by atoms with Gasteiger partial charge in [0.25, 0.3) is 5.69 Å². The van der Waals surface area contributed by atoms with Gasteiger partial charge in [0, 0.05) is 38.0 Å². The van der Waals surface area contributed by atoms with Crippen LogP contribution in [-0.2, 0) is 11.3 Å². The number of hydrogen-bond donors (Lipinski definition) is 1. The second-order valence-electron chi connectivity index (χ2n) is 4.65. The van der Waals surface area contributed by atoms with Crippen molar-refractivity contribution >= 4 is 5.69 Å². The fourth-order valence-electron chi connectivity index (χ4n) is 1.98. The van der Waals surface area contributed by atoms with Gasteiger partial charge in [-0.25, -0.2) is 4.68 Å². The Morgan fingerprint density at radius 1 is 1.43 bits per heavy atom. The zero-order valence-electron chi connectivity index (χ0n) is 12.1. The lowest BCUT2D eigenvalue weighted by Gasteiger charge is -2.04. The van der Waals surface area contributed by atoms with E-state index in [2.05, 4.69) is 10.4 Å². The Kier molecular flexibility index (Phi) is 5.02. The minimum Gasteiger partial charge on any atom is -0.383 e. The van der Waals surface area contributed by atoms with Crippen molar-refractivity contribution in [2.45, 2.75) is 13.5 Å². The molecule has 0 fully saturated rings. The molecule has 21 heavy (non-hydrogen) atoms. The molecule has 7 nitrogen and oxygen atoms in total. The van der Waals surface area contributed by atoms with Gasteiger partial charge >= 0.3 is 0 Å². The Hall–Kier alpha value is -2.25.